The maximum absolute atomic E-state index is 12.6. The number of hydrogen-bond donors (Lipinski definition) is 1. The maximum Gasteiger partial charge on any atom is 0.335 e. The maximum atomic E-state index is 12.6. The van der Waals surface area contributed by atoms with Crippen molar-refractivity contribution in [3.63, 3.8) is 0 Å². The lowest BCUT2D eigenvalue weighted by atomic mass is 10.1. The van der Waals surface area contributed by atoms with E-state index in [-0.39, 0.29) is 18.1 Å². The van der Waals surface area contributed by atoms with Gasteiger partial charge >= 0.3 is 6.03 Å². The summed E-state index contributed by atoms with van der Waals surface area (Å²) in [7, 11) is 0. The highest BCUT2D eigenvalue weighted by Gasteiger charge is 2.37. The van der Waals surface area contributed by atoms with Gasteiger partial charge in [-0.25, -0.2) is 9.69 Å². The van der Waals surface area contributed by atoms with Crippen LogP contribution in [0.2, 0.25) is 0 Å². The molecule has 1 aromatic carbocycles. The predicted molar refractivity (Wildman–Crippen MR) is 80.3 cm³/mol. The molecule has 2 aromatic rings. The molecular weight excluding hydrogens is 316 g/mol. The number of furan rings is 1. The van der Waals surface area contributed by atoms with Gasteiger partial charge in [0.25, 0.3) is 11.8 Å². The SMILES string of the molecule is O=C1NC(=O)N(c2ccc3c(c2)OCO3)C(=O)/C1=C/c1ccoc1. The molecule has 0 spiro atoms. The monoisotopic (exact) mass is 326 g/mol. The number of nitrogens with zero attached hydrogens (tertiary/aromatic N) is 1. The highest BCUT2D eigenvalue weighted by Crippen LogP contribution is 2.36. The fourth-order valence-corrected chi connectivity index (χ4v) is 2.44. The first-order valence-corrected chi connectivity index (χ1v) is 6.97. The van der Waals surface area contributed by atoms with Gasteiger partial charge in [-0.15, -0.1) is 0 Å². The largest absolute Gasteiger partial charge is 0.472 e. The summed E-state index contributed by atoms with van der Waals surface area (Å²) in [5.41, 5.74) is 0.634. The van der Waals surface area contributed by atoms with Crippen molar-refractivity contribution in [3.05, 3.63) is 47.9 Å². The number of imide groups is 2. The Morgan fingerprint density at radius 2 is 1.92 bits per heavy atom. The summed E-state index contributed by atoms with van der Waals surface area (Å²) >= 11 is 0. The topological polar surface area (TPSA) is 98.1 Å². The fourth-order valence-electron chi connectivity index (χ4n) is 2.44. The number of nitrogens with one attached hydrogen (secondary N) is 1. The van der Waals surface area contributed by atoms with Gasteiger partial charge in [-0.3, -0.25) is 14.9 Å². The van der Waals surface area contributed by atoms with E-state index in [1.165, 1.54) is 30.7 Å². The number of urea groups is 1. The Morgan fingerprint density at radius 1 is 1.08 bits per heavy atom. The van der Waals surface area contributed by atoms with Crippen LogP contribution in [-0.4, -0.2) is 24.6 Å². The van der Waals surface area contributed by atoms with Gasteiger partial charge in [0, 0.05) is 11.6 Å². The molecule has 4 amide bonds. The van der Waals surface area contributed by atoms with Gasteiger partial charge in [0.2, 0.25) is 6.79 Å². The van der Waals surface area contributed by atoms with E-state index < -0.39 is 17.8 Å². The van der Waals surface area contributed by atoms with E-state index in [2.05, 4.69) is 5.32 Å². The van der Waals surface area contributed by atoms with Crippen molar-refractivity contribution in [1.82, 2.24) is 5.32 Å². The van der Waals surface area contributed by atoms with Crippen LogP contribution in [0, 0.1) is 0 Å². The minimum Gasteiger partial charge on any atom is -0.472 e. The molecule has 0 radical (unpaired) electrons. The highest BCUT2D eigenvalue weighted by molar-refractivity contribution is 6.39. The smallest absolute Gasteiger partial charge is 0.335 e. The molecule has 0 saturated carbocycles. The lowest BCUT2D eigenvalue weighted by Gasteiger charge is -2.26. The van der Waals surface area contributed by atoms with Crippen molar-refractivity contribution in [3.8, 4) is 11.5 Å². The Kier molecular flexibility index (Phi) is 3.09. The van der Waals surface area contributed by atoms with Crippen LogP contribution in [0.5, 0.6) is 11.5 Å². The van der Waals surface area contributed by atoms with Gasteiger partial charge in [-0.1, -0.05) is 0 Å². The third kappa shape index (κ3) is 2.21. The van der Waals surface area contributed by atoms with Crippen LogP contribution in [0.1, 0.15) is 5.56 Å². The fraction of sp³-hybridized carbons (Fsp3) is 0.0625. The lowest BCUT2D eigenvalue weighted by Crippen LogP contribution is -2.54. The summed E-state index contributed by atoms with van der Waals surface area (Å²) in [4.78, 5) is 37.6. The van der Waals surface area contributed by atoms with Crippen molar-refractivity contribution in [2.75, 3.05) is 11.7 Å². The van der Waals surface area contributed by atoms with E-state index in [0.717, 1.165) is 4.90 Å². The molecule has 0 unspecified atom stereocenters. The van der Waals surface area contributed by atoms with Crippen LogP contribution in [0.3, 0.4) is 0 Å². The Morgan fingerprint density at radius 3 is 2.71 bits per heavy atom. The van der Waals surface area contributed by atoms with E-state index in [1.54, 1.807) is 12.1 Å². The van der Waals surface area contributed by atoms with E-state index in [4.69, 9.17) is 13.9 Å². The van der Waals surface area contributed by atoms with Crippen LogP contribution < -0.4 is 19.7 Å². The Labute approximate surface area is 135 Å². The van der Waals surface area contributed by atoms with Crippen molar-refractivity contribution in [1.29, 1.82) is 0 Å². The number of carbonyl (C=O) groups excluding carboxylic acids is 3. The second-order valence-corrected chi connectivity index (χ2v) is 5.05. The third-order valence-corrected chi connectivity index (χ3v) is 3.57. The Bertz CT molecular complexity index is 884. The molecule has 8 nitrogen and oxygen atoms in total. The zero-order valence-corrected chi connectivity index (χ0v) is 12.1. The molecule has 0 aliphatic carbocycles. The number of rotatable bonds is 2. The second-order valence-electron chi connectivity index (χ2n) is 5.05. The zero-order valence-electron chi connectivity index (χ0n) is 12.1. The molecule has 2 aliphatic rings. The van der Waals surface area contributed by atoms with Gasteiger partial charge in [-0.2, -0.15) is 0 Å². The van der Waals surface area contributed by atoms with Crippen molar-refractivity contribution >= 4 is 29.6 Å². The van der Waals surface area contributed by atoms with Crippen molar-refractivity contribution < 1.29 is 28.3 Å². The first-order valence-electron chi connectivity index (χ1n) is 6.97. The number of anilines is 1. The normalized spacial score (nSPS) is 18.2. The quantitative estimate of drug-likeness (QED) is 0.666. The molecule has 8 heteroatoms. The van der Waals surface area contributed by atoms with E-state index in [0.29, 0.717) is 17.1 Å². The number of ether oxygens (including phenoxy) is 2. The summed E-state index contributed by atoms with van der Waals surface area (Å²) in [5.74, 6) is -0.550. The van der Waals surface area contributed by atoms with Crippen molar-refractivity contribution in [2.24, 2.45) is 0 Å². The number of fused-ring (bicyclic) bond motifs is 1. The summed E-state index contributed by atoms with van der Waals surface area (Å²) in [6.07, 6.45) is 4.15. The first-order chi connectivity index (χ1) is 11.6. The number of amides is 4. The number of benzene rings is 1. The van der Waals surface area contributed by atoms with Gasteiger partial charge in [0.05, 0.1) is 18.2 Å². The van der Waals surface area contributed by atoms with Gasteiger partial charge < -0.3 is 13.9 Å². The molecule has 24 heavy (non-hydrogen) atoms. The van der Waals surface area contributed by atoms with E-state index in [9.17, 15) is 14.4 Å². The molecule has 0 bridgehead atoms. The van der Waals surface area contributed by atoms with Crippen LogP contribution in [-0.2, 0) is 9.59 Å². The standard InChI is InChI=1S/C16H10N2O6/c19-14-11(5-9-3-4-22-7-9)15(20)18(16(21)17-14)10-1-2-12-13(6-10)24-8-23-12/h1-7H,8H2,(H,17,19,21)/b11-5+. The Balaban J connectivity index is 1.73. The van der Waals surface area contributed by atoms with Gasteiger partial charge in [-0.05, 0) is 24.3 Å². The summed E-state index contributed by atoms with van der Waals surface area (Å²) in [6.45, 7) is 0.0725. The van der Waals surface area contributed by atoms with Gasteiger partial charge in [0.1, 0.15) is 5.57 Å². The predicted octanol–water partition coefficient (Wildman–Crippen LogP) is 1.67. The molecule has 0 atom stereocenters. The van der Waals surface area contributed by atoms with Gasteiger partial charge in [0.15, 0.2) is 11.5 Å². The summed E-state index contributed by atoms with van der Waals surface area (Å²) in [5, 5.41) is 2.14. The van der Waals surface area contributed by atoms with E-state index in [1.807, 2.05) is 0 Å². The number of barbiturate groups is 1. The number of hydrogen-bond acceptors (Lipinski definition) is 6. The third-order valence-electron chi connectivity index (χ3n) is 3.57. The molecule has 1 fully saturated rings. The molecule has 1 aromatic heterocycles. The van der Waals surface area contributed by atoms with E-state index >= 15 is 0 Å². The first kappa shape index (κ1) is 14.1. The van der Waals surface area contributed by atoms with Crippen LogP contribution in [0.15, 0.2) is 46.8 Å². The average molecular weight is 326 g/mol. The summed E-state index contributed by atoms with van der Waals surface area (Å²) in [6, 6.07) is 5.40. The van der Waals surface area contributed by atoms with Crippen LogP contribution >= 0.6 is 0 Å². The van der Waals surface area contributed by atoms with Crippen LogP contribution in [0.4, 0.5) is 10.5 Å². The molecule has 120 valence electrons. The highest BCUT2D eigenvalue weighted by atomic mass is 16.7. The summed E-state index contributed by atoms with van der Waals surface area (Å²) < 4.78 is 15.4. The Hall–Kier alpha value is -3.55. The minimum atomic E-state index is -0.826. The average Bonchev–Trinajstić information content (AvgIpc) is 3.22. The minimum absolute atomic E-state index is 0.0725. The molecule has 4 rings (SSSR count). The molecule has 2 aliphatic heterocycles. The van der Waals surface area contributed by atoms with Crippen LogP contribution in [0.25, 0.3) is 6.08 Å². The molecule has 1 saturated heterocycles. The van der Waals surface area contributed by atoms with Crippen molar-refractivity contribution in [2.45, 2.75) is 0 Å². The lowest BCUT2D eigenvalue weighted by molar-refractivity contribution is -0.122. The number of carbonyl (C=O) groups is 3. The molecule has 3 heterocycles. The molecular formula is C16H10N2O6. The molecule has 1 N–H and O–H groups in total. The zero-order chi connectivity index (χ0) is 16.7. The second kappa shape index (κ2) is 5.27.